The van der Waals surface area contributed by atoms with Crippen molar-refractivity contribution < 1.29 is 0 Å². The Labute approximate surface area is 100 Å². The van der Waals surface area contributed by atoms with E-state index in [1.807, 2.05) is 0 Å². The van der Waals surface area contributed by atoms with E-state index < -0.39 is 0 Å². The first kappa shape index (κ1) is 12.1. The summed E-state index contributed by atoms with van der Waals surface area (Å²) in [4.78, 5) is 2.64. The second-order valence-electron chi connectivity index (χ2n) is 5.53. The van der Waals surface area contributed by atoms with Crippen molar-refractivity contribution in [1.82, 2.24) is 10.2 Å². The van der Waals surface area contributed by atoms with E-state index in [1.165, 1.54) is 64.8 Å². The number of nitrogens with zero attached hydrogens (tertiary/aromatic N) is 1. The van der Waals surface area contributed by atoms with Gasteiger partial charge in [0.1, 0.15) is 0 Å². The van der Waals surface area contributed by atoms with Gasteiger partial charge in [0.05, 0.1) is 0 Å². The fourth-order valence-electron chi connectivity index (χ4n) is 3.30. The Morgan fingerprint density at radius 3 is 2.94 bits per heavy atom. The summed E-state index contributed by atoms with van der Waals surface area (Å²) >= 11 is 0. The SMILES string of the molecule is CCCC1(CN2CC=CCC2)CCCNC1. The molecule has 1 unspecified atom stereocenters. The zero-order valence-electron chi connectivity index (χ0n) is 10.7. The second-order valence-corrected chi connectivity index (χ2v) is 5.53. The standard InChI is InChI=1S/C14H26N2/c1-2-7-14(8-6-9-15-12-14)13-16-10-4-3-5-11-16/h3-4,15H,2,5-13H2,1H3. The summed E-state index contributed by atoms with van der Waals surface area (Å²) in [5.41, 5.74) is 0.568. The number of rotatable bonds is 4. The number of nitrogens with one attached hydrogen (secondary N) is 1. The first-order chi connectivity index (χ1) is 7.85. The average molecular weight is 222 g/mol. The normalized spacial score (nSPS) is 31.8. The first-order valence-corrected chi connectivity index (χ1v) is 6.93. The summed E-state index contributed by atoms with van der Waals surface area (Å²) in [5, 5.41) is 3.61. The largest absolute Gasteiger partial charge is 0.316 e. The fourth-order valence-corrected chi connectivity index (χ4v) is 3.30. The molecule has 0 aromatic heterocycles. The smallest absolute Gasteiger partial charge is 0.0163 e. The van der Waals surface area contributed by atoms with Crippen molar-refractivity contribution in [3.63, 3.8) is 0 Å². The molecule has 1 fully saturated rings. The van der Waals surface area contributed by atoms with Gasteiger partial charge in [-0.25, -0.2) is 0 Å². The average Bonchev–Trinajstić information content (AvgIpc) is 2.31. The van der Waals surface area contributed by atoms with Gasteiger partial charge in [0.2, 0.25) is 0 Å². The Hall–Kier alpha value is -0.340. The van der Waals surface area contributed by atoms with Crippen LogP contribution in [0.3, 0.4) is 0 Å². The molecular weight excluding hydrogens is 196 g/mol. The molecule has 2 aliphatic rings. The van der Waals surface area contributed by atoms with Gasteiger partial charge in [0, 0.05) is 26.2 Å². The Morgan fingerprint density at radius 2 is 2.31 bits per heavy atom. The lowest BCUT2D eigenvalue weighted by Crippen LogP contribution is -2.48. The molecule has 0 amide bonds. The lowest BCUT2D eigenvalue weighted by molar-refractivity contribution is 0.112. The van der Waals surface area contributed by atoms with Crippen molar-refractivity contribution in [2.24, 2.45) is 5.41 Å². The van der Waals surface area contributed by atoms with Crippen molar-refractivity contribution in [1.29, 1.82) is 0 Å². The topological polar surface area (TPSA) is 15.3 Å². The van der Waals surface area contributed by atoms with E-state index in [9.17, 15) is 0 Å². The lowest BCUT2D eigenvalue weighted by Gasteiger charge is -2.42. The molecule has 0 saturated carbocycles. The van der Waals surface area contributed by atoms with Gasteiger partial charge in [-0.3, -0.25) is 4.90 Å². The Morgan fingerprint density at radius 1 is 1.38 bits per heavy atom. The van der Waals surface area contributed by atoms with E-state index in [4.69, 9.17) is 0 Å². The maximum atomic E-state index is 3.61. The van der Waals surface area contributed by atoms with Crippen LogP contribution in [0.2, 0.25) is 0 Å². The van der Waals surface area contributed by atoms with E-state index in [0.29, 0.717) is 5.41 Å². The monoisotopic (exact) mass is 222 g/mol. The summed E-state index contributed by atoms with van der Waals surface area (Å²) in [6.07, 6.45) is 11.4. The van der Waals surface area contributed by atoms with Crippen molar-refractivity contribution >= 4 is 0 Å². The van der Waals surface area contributed by atoms with Crippen LogP contribution in [0.15, 0.2) is 12.2 Å². The van der Waals surface area contributed by atoms with Crippen LogP contribution in [0, 0.1) is 5.41 Å². The Balaban J connectivity index is 1.92. The molecule has 16 heavy (non-hydrogen) atoms. The molecule has 0 aromatic carbocycles. The predicted molar refractivity (Wildman–Crippen MR) is 69.6 cm³/mol. The van der Waals surface area contributed by atoms with Crippen LogP contribution < -0.4 is 5.32 Å². The molecule has 1 saturated heterocycles. The molecule has 0 radical (unpaired) electrons. The highest BCUT2D eigenvalue weighted by molar-refractivity contribution is 4.95. The molecule has 1 atom stereocenters. The van der Waals surface area contributed by atoms with E-state index >= 15 is 0 Å². The molecule has 0 spiro atoms. The fraction of sp³-hybridized carbons (Fsp3) is 0.857. The van der Waals surface area contributed by atoms with E-state index in [2.05, 4.69) is 29.3 Å². The van der Waals surface area contributed by atoms with Crippen molar-refractivity contribution in [3.05, 3.63) is 12.2 Å². The molecular formula is C14H26N2. The van der Waals surface area contributed by atoms with Crippen LogP contribution in [-0.4, -0.2) is 37.6 Å². The lowest BCUT2D eigenvalue weighted by atomic mass is 9.76. The molecule has 0 aliphatic carbocycles. The summed E-state index contributed by atoms with van der Waals surface area (Å²) in [6, 6.07) is 0. The van der Waals surface area contributed by atoms with Gasteiger partial charge in [-0.15, -0.1) is 0 Å². The molecule has 2 heterocycles. The van der Waals surface area contributed by atoms with Gasteiger partial charge in [0.15, 0.2) is 0 Å². The number of hydrogen-bond donors (Lipinski definition) is 1. The number of hydrogen-bond acceptors (Lipinski definition) is 2. The minimum Gasteiger partial charge on any atom is -0.316 e. The van der Waals surface area contributed by atoms with Crippen molar-refractivity contribution in [2.45, 2.75) is 39.0 Å². The van der Waals surface area contributed by atoms with Crippen molar-refractivity contribution in [2.75, 3.05) is 32.7 Å². The zero-order valence-corrected chi connectivity index (χ0v) is 10.7. The molecule has 1 N–H and O–H groups in total. The Bertz CT molecular complexity index is 223. The Kier molecular flexibility index (Phi) is 4.42. The van der Waals surface area contributed by atoms with Gasteiger partial charge in [-0.05, 0) is 37.6 Å². The minimum absolute atomic E-state index is 0.568. The van der Waals surface area contributed by atoms with Gasteiger partial charge in [0.25, 0.3) is 0 Å². The van der Waals surface area contributed by atoms with Crippen LogP contribution in [0.1, 0.15) is 39.0 Å². The van der Waals surface area contributed by atoms with Crippen LogP contribution in [0.4, 0.5) is 0 Å². The zero-order chi connectivity index (χ0) is 11.3. The number of piperidine rings is 1. The van der Waals surface area contributed by atoms with Crippen molar-refractivity contribution in [3.8, 4) is 0 Å². The summed E-state index contributed by atoms with van der Waals surface area (Å²) in [6.45, 7) is 8.53. The van der Waals surface area contributed by atoms with E-state index in [-0.39, 0.29) is 0 Å². The molecule has 2 rings (SSSR count). The highest BCUT2D eigenvalue weighted by Gasteiger charge is 2.32. The summed E-state index contributed by atoms with van der Waals surface area (Å²) in [5.74, 6) is 0. The summed E-state index contributed by atoms with van der Waals surface area (Å²) < 4.78 is 0. The first-order valence-electron chi connectivity index (χ1n) is 6.93. The maximum Gasteiger partial charge on any atom is 0.0163 e. The third kappa shape index (κ3) is 3.08. The quantitative estimate of drug-likeness (QED) is 0.735. The van der Waals surface area contributed by atoms with E-state index in [0.717, 1.165) is 0 Å². The highest BCUT2D eigenvalue weighted by Crippen LogP contribution is 2.32. The third-order valence-corrected chi connectivity index (χ3v) is 4.04. The molecule has 0 bridgehead atoms. The molecule has 0 aromatic rings. The summed E-state index contributed by atoms with van der Waals surface area (Å²) in [7, 11) is 0. The minimum atomic E-state index is 0.568. The van der Waals surface area contributed by atoms with Crippen LogP contribution in [0.25, 0.3) is 0 Å². The van der Waals surface area contributed by atoms with Gasteiger partial charge >= 0.3 is 0 Å². The van der Waals surface area contributed by atoms with Crippen LogP contribution >= 0.6 is 0 Å². The molecule has 2 aliphatic heterocycles. The predicted octanol–water partition coefficient (Wildman–Crippen LogP) is 2.42. The molecule has 2 nitrogen and oxygen atoms in total. The van der Waals surface area contributed by atoms with Gasteiger partial charge < -0.3 is 5.32 Å². The molecule has 92 valence electrons. The van der Waals surface area contributed by atoms with Gasteiger partial charge in [-0.1, -0.05) is 25.5 Å². The third-order valence-electron chi connectivity index (χ3n) is 4.04. The van der Waals surface area contributed by atoms with Crippen LogP contribution in [0.5, 0.6) is 0 Å². The highest BCUT2D eigenvalue weighted by atomic mass is 15.1. The second kappa shape index (κ2) is 5.83. The van der Waals surface area contributed by atoms with Gasteiger partial charge in [-0.2, -0.15) is 0 Å². The van der Waals surface area contributed by atoms with Crippen LogP contribution in [-0.2, 0) is 0 Å². The van der Waals surface area contributed by atoms with E-state index in [1.54, 1.807) is 0 Å². The molecule has 2 heteroatoms. The maximum absolute atomic E-state index is 3.61.